The van der Waals surface area contributed by atoms with Gasteiger partial charge in [0.15, 0.2) is 6.23 Å². The van der Waals surface area contributed by atoms with E-state index in [0.717, 1.165) is 11.2 Å². The molecule has 10 heavy (non-hydrogen) atoms. The van der Waals surface area contributed by atoms with Crippen LogP contribution in [0.2, 0.25) is 0 Å². The maximum absolute atomic E-state index is 9.19. The van der Waals surface area contributed by atoms with Gasteiger partial charge in [0.2, 0.25) is 6.33 Å². The number of hydrogen-bond acceptors (Lipinski definition) is 4. The first-order valence-electron chi connectivity index (χ1n) is 3.18. The summed E-state index contributed by atoms with van der Waals surface area (Å²) in [6.45, 7) is 1.98. The first-order valence-corrected chi connectivity index (χ1v) is 3.18. The predicted octanol–water partition coefficient (Wildman–Crippen LogP) is -0.236. The molecule has 0 bridgehead atoms. The molecule has 5 heteroatoms. The van der Waals surface area contributed by atoms with Crippen LogP contribution in [0.1, 0.15) is 26.0 Å². The molecule has 1 rings (SSSR count). The molecule has 0 aliphatic heterocycles. The molecule has 0 fully saturated rings. The lowest BCUT2D eigenvalue weighted by Crippen LogP contribution is -2.11. The molecule has 0 amide bonds. The van der Waals surface area contributed by atoms with Crippen LogP contribution < -0.4 is 0 Å². The Bertz CT molecular complexity index is 174. The zero-order valence-electron chi connectivity index (χ0n) is 5.73. The lowest BCUT2D eigenvalue weighted by atomic mass is 10.3. The summed E-state index contributed by atoms with van der Waals surface area (Å²) in [5, 5.41) is 19.6. The average Bonchev–Trinajstić information content (AvgIpc) is 2.38. The van der Waals surface area contributed by atoms with Crippen molar-refractivity contribution in [1.29, 1.82) is 0 Å². The summed E-state index contributed by atoms with van der Waals surface area (Å²) in [5.74, 6) is 0. The second kappa shape index (κ2) is 3.26. The second-order valence-electron chi connectivity index (χ2n) is 1.98. The molecule has 0 saturated carbocycles. The van der Waals surface area contributed by atoms with Crippen molar-refractivity contribution in [2.45, 2.75) is 26.0 Å². The summed E-state index contributed by atoms with van der Waals surface area (Å²) in [7, 11) is 0. The lowest BCUT2D eigenvalue weighted by Gasteiger charge is -2.04. The Morgan fingerprint density at radius 3 is 3.00 bits per heavy atom. The van der Waals surface area contributed by atoms with Crippen molar-refractivity contribution in [3.05, 3.63) is 6.33 Å². The monoisotopic (exact) mass is 141 g/mol. The van der Waals surface area contributed by atoms with Gasteiger partial charge in [0.1, 0.15) is 0 Å². The van der Waals surface area contributed by atoms with Crippen LogP contribution in [0.25, 0.3) is 0 Å². The summed E-state index contributed by atoms with van der Waals surface area (Å²) in [5.41, 5.74) is 0. The molecule has 1 aromatic heterocycles. The van der Waals surface area contributed by atoms with Crippen molar-refractivity contribution >= 4 is 0 Å². The molecule has 0 aliphatic rings. The number of tetrazole rings is 1. The molecule has 1 aromatic rings. The maximum atomic E-state index is 9.19. The highest BCUT2D eigenvalue weighted by Crippen LogP contribution is 2.04. The van der Waals surface area contributed by atoms with Crippen LogP contribution in [0.4, 0.5) is 0 Å². The number of hydrogen-bond donors (Lipinski definition) is 1. The van der Waals surface area contributed by atoms with Crippen LogP contribution in [0.15, 0.2) is 0 Å². The van der Waals surface area contributed by atoms with Crippen molar-refractivity contribution in [3.63, 3.8) is 0 Å². The SMILES string of the molecule is CCCC(O)n1n[c]nn1. The Labute approximate surface area is 58.7 Å². The van der Waals surface area contributed by atoms with E-state index in [1.165, 1.54) is 0 Å². The summed E-state index contributed by atoms with van der Waals surface area (Å²) >= 11 is 0. The molecule has 1 radical (unpaired) electrons. The molecular formula is C5H9N4O. The molecule has 0 aromatic carbocycles. The molecule has 1 atom stereocenters. The van der Waals surface area contributed by atoms with E-state index in [4.69, 9.17) is 0 Å². The smallest absolute Gasteiger partial charge is 0.246 e. The Morgan fingerprint density at radius 2 is 2.50 bits per heavy atom. The molecule has 1 heterocycles. The van der Waals surface area contributed by atoms with Gasteiger partial charge in [0, 0.05) is 0 Å². The number of aliphatic hydroxyl groups is 1. The van der Waals surface area contributed by atoms with Crippen LogP contribution in [-0.4, -0.2) is 25.3 Å². The molecule has 1 N–H and O–H groups in total. The van der Waals surface area contributed by atoms with E-state index in [1.54, 1.807) is 0 Å². The van der Waals surface area contributed by atoms with E-state index in [1.807, 2.05) is 6.92 Å². The molecule has 1 unspecified atom stereocenters. The Morgan fingerprint density at radius 1 is 1.70 bits per heavy atom. The van der Waals surface area contributed by atoms with E-state index < -0.39 is 6.23 Å². The van der Waals surface area contributed by atoms with Gasteiger partial charge in [0.05, 0.1) is 0 Å². The van der Waals surface area contributed by atoms with Gasteiger partial charge in [0.25, 0.3) is 0 Å². The van der Waals surface area contributed by atoms with Crippen molar-refractivity contribution in [1.82, 2.24) is 20.2 Å². The van der Waals surface area contributed by atoms with Gasteiger partial charge in [-0.05, 0) is 11.6 Å². The second-order valence-corrected chi connectivity index (χ2v) is 1.98. The molecule has 55 valence electrons. The summed E-state index contributed by atoms with van der Waals surface area (Å²) in [4.78, 5) is 1.14. The number of aromatic nitrogens is 4. The summed E-state index contributed by atoms with van der Waals surface area (Å²) < 4.78 is 0. The first kappa shape index (κ1) is 7.14. The molecule has 0 aliphatic carbocycles. The minimum Gasteiger partial charge on any atom is -0.370 e. The minimum atomic E-state index is -0.649. The Hall–Kier alpha value is -0.970. The topological polar surface area (TPSA) is 63.8 Å². The zero-order valence-corrected chi connectivity index (χ0v) is 5.73. The van der Waals surface area contributed by atoms with Gasteiger partial charge in [-0.25, -0.2) is 0 Å². The van der Waals surface area contributed by atoms with E-state index in [-0.39, 0.29) is 0 Å². The molecule has 0 spiro atoms. The Kier molecular flexibility index (Phi) is 2.33. The number of nitrogens with zero attached hydrogens (tertiary/aromatic N) is 4. The van der Waals surface area contributed by atoms with E-state index in [2.05, 4.69) is 21.7 Å². The van der Waals surface area contributed by atoms with Gasteiger partial charge in [-0.3, -0.25) is 0 Å². The third-order valence-corrected chi connectivity index (χ3v) is 1.14. The molecule has 0 saturated heterocycles. The largest absolute Gasteiger partial charge is 0.370 e. The van der Waals surface area contributed by atoms with Crippen molar-refractivity contribution in [3.8, 4) is 0 Å². The highest BCUT2D eigenvalue weighted by molar-refractivity contribution is 4.45. The highest BCUT2D eigenvalue weighted by Gasteiger charge is 2.05. The third kappa shape index (κ3) is 1.51. The fraction of sp³-hybridized carbons (Fsp3) is 0.800. The third-order valence-electron chi connectivity index (χ3n) is 1.14. The van der Waals surface area contributed by atoms with Crippen molar-refractivity contribution in [2.75, 3.05) is 0 Å². The summed E-state index contributed by atoms with van der Waals surface area (Å²) in [6.07, 6.45) is 3.15. The zero-order chi connectivity index (χ0) is 7.40. The van der Waals surface area contributed by atoms with E-state index >= 15 is 0 Å². The fourth-order valence-corrected chi connectivity index (χ4v) is 0.652. The predicted molar refractivity (Wildman–Crippen MR) is 32.8 cm³/mol. The van der Waals surface area contributed by atoms with E-state index in [9.17, 15) is 5.11 Å². The first-order chi connectivity index (χ1) is 4.84. The van der Waals surface area contributed by atoms with Crippen LogP contribution in [0.5, 0.6) is 0 Å². The number of aliphatic hydroxyl groups excluding tert-OH is 1. The van der Waals surface area contributed by atoms with Crippen LogP contribution in [0.3, 0.4) is 0 Å². The van der Waals surface area contributed by atoms with Gasteiger partial charge >= 0.3 is 0 Å². The fourth-order valence-electron chi connectivity index (χ4n) is 0.652. The summed E-state index contributed by atoms with van der Waals surface area (Å²) in [6, 6.07) is 0. The lowest BCUT2D eigenvalue weighted by molar-refractivity contribution is 0.0644. The highest BCUT2D eigenvalue weighted by atomic mass is 16.3. The quantitative estimate of drug-likeness (QED) is 0.631. The average molecular weight is 141 g/mol. The minimum absolute atomic E-state index is 0.643. The van der Waals surface area contributed by atoms with Crippen LogP contribution in [-0.2, 0) is 0 Å². The Balaban J connectivity index is 2.50. The van der Waals surface area contributed by atoms with E-state index in [0.29, 0.717) is 6.42 Å². The van der Waals surface area contributed by atoms with Crippen molar-refractivity contribution in [2.24, 2.45) is 0 Å². The molecule has 5 nitrogen and oxygen atoms in total. The van der Waals surface area contributed by atoms with Crippen molar-refractivity contribution < 1.29 is 5.11 Å². The normalized spacial score (nSPS) is 13.4. The van der Waals surface area contributed by atoms with Gasteiger partial charge < -0.3 is 5.11 Å². The van der Waals surface area contributed by atoms with Gasteiger partial charge in [-0.2, -0.15) is 0 Å². The van der Waals surface area contributed by atoms with Crippen LogP contribution in [0, 0.1) is 6.33 Å². The van der Waals surface area contributed by atoms with Crippen LogP contribution >= 0.6 is 0 Å². The molecular weight excluding hydrogens is 132 g/mol. The van der Waals surface area contributed by atoms with Gasteiger partial charge in [-0.1, -0.05) is 13.3 Å². The standard InChI is InChI=1S/C5H9N4O/c1-2-3-5(10)9-7-4-6-8-9/h5,10H,2-3H2,1H3. The maximum Gasteiger partial charge on any atom is 0.246 e. The van der Waals surface area contributed by atoms with Gasteiger partial charge in [-0.15, -0.1) is 15.0 Å². The number of rotatable bonds is 3.